The van der Waals surface area contributed by atoms with Crippen molar-refractivity contribution in [3.05, 3.63) is 64.4 Å². The minimum atomic E-state index is -0.505. The molecule has 0 aliphatic carbocycles. The number of carbonyl (C=O) groups is 1. The second kappa shape index (κ2) is 6.65. The van der Waals surface area contributed by atoms with Crippen LogP contribution < -0.4 is 11.1 Å². The van der Waals surface area contributed by atoms with Crippen molar-refractivity contribution >= 4 is 40.4 Å². The number of anilines is 1. The first kappa shape index (κ1) is 15.4. The van der Waals surface area contributed by atoms with Crippen LogP contribution in [0.3, 0.4) is 0 Å². The zero-order valence-corrected chi connectivity index (χ0v) is 12.5. The highest BCUT2D eigenvalue weighted by Gasteiger charge is 2.12. The molecule has 0 bridgehead atoms. The largest absolute Gasteiger partial charge is 0.389 e. The van der Waals surface area contributed by atoms with Crippen LogP contribution in [0, 0.1) is 5.82 Å². The minimum absolute atomic E-state index is 0.150. The number of nitrogens with two attached hydrogens (primary N) is 1. The fraction of sp³-hybridized carbons (Fsp3) is 0.0667. The average Bonchev–Trinajstić information content (AvgIpc) is 2.43. The fourth-order valence-corrected chi connectivity index (χ4v) is 2.17. The SMILES string of the molecule is NC(=S)c1cccc(NC(=O)Cc2c(F)cccc2Cl)c1. The van der Waals surface area contributed by atoms with Crippen molar-refractivity contribution in [2.45, 2.75) is 6.42 Å². The molecule has 0 saturated carbocycles. The summed E-state index contributed by atoms with van der Waals surface area (Å²) >= 11 is 10.8. The molecule has 0 saturated heterocycles. The molecule has 2 rings (SSSR count). The van der Waals surface area contributed by atoms with E-state index < -0.39 is 5.82 Å². The van der Waals surface area contributed by atoms with E-state index in [1.807, 2.05) is 0 Å². The lowest BCUT2D eigenvalue weighted by Crippen LogP contribution is -2.16. The third-order valence-electron chi connectivity index (χ3n) is 2.83. The molecule has 0 heterocycles. The van der Waals surface area contributed by atoms with E-state index in [1.54, 1.807) is 30.3 Å². The third-order valence-corrected chi connectivity index (χ3v) is 3.42. The summed E-state index contributed by atoms with van der Waals surface area (Å²) in [6.07, 6.45) is -0.150. The molecule has 0 fully saturated rings. The number of rotatable bonds is 4. The summed E-state index contributed by atoms with van der Waals surface area (Å²) in [5.74, 6) is -0.878. The molecule has 21 heavy (non-hydrogen) atoms. The van der Waals surface area contributed by atoms with E-state index >= 15 is 0 Å². The smallest absolute Gasteiger partial charge is 0.228 e. The first-order valence-electron chi connectivity index (χ1n) is 6.10. The molecule has 0 aliphatic rings. The van der Waals surface area contributed by atoms with Gasteiger partial charge in [-0.3, -0.25) is 4.79 Å². The van der Waals surface area contributed by atoms with Crippen LogP contribution in [0.4, 0.5) is 10.1 Å². The molecule has 0 radical (unpaired) electrons. The van der Waals surface area contributed by atoms with Crippen molar-refractivity contribution in [3.63, 3.8) is 0 Å². The van der Waals surface area contributed by atoms with Crippen molar-refractivity contribution in [2.24, 2.45) is 5.73 Å². The monoisotopic (exact) mass is 322 g/mol. The highest BCUT2D eigenvalue weighted by molar-refractivity contribution is 7.80. The summed E-state index contributed by atoms with van der Waals surface area (Å²) in [5.41, 5.74) is 6.88. The Morgan fingerprint density at radius 3 is 2.67 bits per heavy atom. The molecule has 2 aromatic carbocycles. The van der Waals surface area contributed by atoms with Crippen LogP contribution in [0.15, 0.2) is 42.5 Å². The lowest BCUT2D eigenvalue weighted by Gasteiger charge is -2.08. The Kier molecular flexibility index (Phi) is 4.88. The molecule has 0 aliphatic heterocycles. The Morgan fingerprint density at radius 2 is 2.00 bits per heavy atom. The summed E-state index contributed by atoms with van der Waals surface area (Å²) < 4.78 is 13.6. The van der Waals surface area contributed by atoms with Gasteiger partial charge in [0.15, 0.2) is 0 Å². The molecular formula is C15H12ClFN2OS. The predicted molar refractivity (Wildman–Crippen MR) is 86.1 cm³/mol. The Morgan fingerprint density at radius 1 is 1.29 bits per heavy atom. The van der Waals surface area contributed by atoms with Gasteiger partial charge in [-0.1, -0.05) is 42.0 Å². The summed E-state index contributed by atoms with van der Waals surface area (Å²) in [4.78, 5) is 12.2. The highest BCUT2D eigenvalue weighted by atomic mass is 35.5. The Balaban J connectivity index is 2.12. The van der Waals surface area contributed by atoms with E-state index in [1.165, 1.54) is 12.1 Å². The third kappa shape index (κ3) is 4.00. The van der Waals surface area contributed by atoms with Gasteiger partial charge >= 0.3 is 0 Å². The second-order valence-electron chi connectivity index (χ2n) is 4.37. The van der Waals surface area contributed by atoms with Gasteiger partial charge in [0.25, 0.3) is 0 Å². The number of benzene rings is 2. The van der Waals surface area contributed by atoms with E-state index in [2.05, 4.69) is 5.32 Å². The van der Waals surface area contributed by atoms with E-state index in [0.29, 0.717) is 11.3 Å². The first-order valence-corrected chi connectivity index (χ1v) is 6.88. The average molecular weight is 323 g/mol. The van der Waals surface area contributed by atoms with Crippen LogP contribution in [0.1, 0.15) is 11.1 Å². The Hall–Kier alpha value is -1.98. The van der Waals surface area contributed by atoms with Crippen LogP contribution in [-0.4, -0.2) is 10.9 Å². The number of nitrogens with one attached hydrogen (secondary N) is 1. The van der Waals surface area contributed by atoms with Gasteiger partial charge in [0.2, 0.25) is 5.91 Å². The van der Waals surface area contributed by atoms with E-state index in [4.69, 9.17) is 29.6 Å². The van der Waals surface area contributed by atoms with Crippen LogP contribution >= 0.6 is 23.8 Å². The molecule has 6 heteroatoms. The van der Waals surface area contributed by atoms with Crippen molar-refractivity contribution in [1.82, 2.24) is 0 Å². The Bertz CT molecular complexity index is 686. The van der Waals surface area contributed by atoms with Gasteiger partial charge in [-0.25, -0.2) is 4.39 Å². The molecular weight excluding hydrogens is 311 g/mol. The molecule has 1 amide bonds. The van der Waals surface area contributed by atoms with Crippen LogP contribution in [-0.2, 0) is 11.2 Å². The number of amides is 1. The molecule has 2 aromatic rings. The van der Waals surface area contributed by atoms with Crippen molar-refractivity contribution in [3.8, 4) is 0 Å². The molecule has 0 unspecified atom stereocenters. The summed E-state index contributed by atoms with van der Waals surface area (Å²) in [6, 6.07) is 11.1. The normalized spacial score (nSPS) is 10.2. The maximum atomic E-state index is 13.6. The molecule has 108 valence electrons. The maximum Gasteiger partial charge on any atom is 0.228 e. The van der Waals surface area contributed by atoms with E-state index in [9.17, 15) is 9.18 Å². The van der Waals surface area contributed by atoms with Crippen LogP contribution in [0.25, 0.3) is 0 Å². The standard InChI is InChI=1S/C15H12ClFN2OS/c16-12-5-2-6-13(17)11(12)8-14(20)19-10-4-1-3-9(7-10)15(18)21/h1-7H,8H2,(H2,18,21)(H,19,20). The van der Waals surface area contributed by atoms with Gasteiger partial charge in [0, 0.05) is 21.8 Å². The first-order chi connectivity index (χ1) is 9.97. The number of thiocarbonyl (C=S) groups is 1. The fourth-order valence-electron chi connectivity index (χ4n) is 1.82. The number of carbonyl (C=O) groups excluding carboxylic acids is 1. The van der Waals surface area contributed by atoms with Crippen molar-refractivity contribution in [2.75, 3.05) is 5.32 Å². The molecule has 3 N–H and O–H groups in total. The van der Waals surface area contributed by atoms with E-state index in [0.717, 1.165) is 0 Å². The summed E-state index contributed by atoms with van der Waals surface area (Å²) in [6.45, 7) is 0. The van der Waals surface area contributed by atoms with Gasteiger partial charge in [-0.15, -0.1) is 0 Å². The maximum absolute atomic E-state index is 13.6. The van der Waals surface area contributed by atoms with Crippen LogP contribution in [0.5, 0.6) is 0 Å². The lowest BCUT2D eigenvalue weighted by molar-refractivity contribution is -0.115. The minimum Gasteiger partial charge on any atom is -0.389 e. The molecule has 3 nitrogen and oxygen atoms in total. The topological polar surface area (TPSA) is 55.1 Å². The molecule has 0 aromatic heterocycles. The zero-order chi connectivity index (χ0) is 15.4. The predicted octanol–water partition coefficient (Wildman–Crippen LogP) is 3.29. The van der Waals surface area contributed by atoms with Gasteiger partial charge in [0.05, 0.1) is 6.42 Å². The Labute approximate surface area is 131 Å². The number of hydrogen-bond donors (Lipinski definition) is 2. The summed E-state index contributed by atoms with van der Waals surface area (Å²) in [5, 5.41) is 2.88. The van der Waals surface area contributed by atoms with Crippen molar-refractivity contribution < 1.29 is 9.18 Å². The summed E-state index contributed by atoms with van der Waals surface area (Å²) in [7, 11) is 0. The highest BCUT2D eigenvalue weighted by Crippen LogP contribution is 2.20. The molecule has 0 atom stereocenters. The van der Waals surface area contributed by atoms with Gasteiger partial charge < -0.3 is 11.1 Å². The second-order valence-corrected chi connectivity index (χ2v) is 5.22. The van der Waals surface area contributed by atoms with E-state index in [-0.39, 0.29) is 27.9 Å². The van der Waals surface area contributed by atoms with Gasteiger partial charge in [-0.2, -0.15) is 0 Å². The van der Waals surface area contributed by atoms with Crippen molar-refractivity contribution in [1.29, 1.82) is 0 Å². The number of hydrogen-bond acceptors (Lipinski definition) is 2. The van der Waals surface area contributed by atoms with Gasteiger partial charge in [0.1, 0.15) is 10.8 Å². The lowest BCUT2D eigenvalue weighted by atomic mass is 10.1. The van der Waals surface area contributed by atoms with Gasteiger partial charge in [-0.05, 0) is 24.3 Å². The van der Waals surface area contributed by atoms with Crippen LogP contribution in [0.2, 0.25) is 5.02 Å². The zero-order valence-electron chi connectivity index (χ0n) is 10.9. The quantitative estimate of drug-likeness (QED) is 0.849. The number of halogens is 2. The molecule has 0 spiro atoms.